The standard InChI is InChI=1S/C22H18Br2N4/c1-14(13-25)28(2)22(17-8-7-15-5-3-4-6-16(15)9-17)27-21(26)18-10-19(23)12-20(24)11-18/h3-12,14,26H,1-2H3. The molecule has 0 heterocycles. The Morgan fingerprint density at radius 1 is 1.00 bits per heavy atom. The van der Waals surface area contributed by atoms with E-state index in [1.165, 1.54) is 0 Å². The summed E-state index contributed by atoms with van der Waals surface area (Å²) in [6.45, 7) is 1.82. The van der Waals surface area contributed by atoms with Gasteiger partial charge in [-0.1, -0.05) is 68.3 Å². The lowest BCUT2D eigenvalue weighted by Gasteiger charge is -2.24. The van der Waals surface area contributed by atoms with E-state index < -0.39 is 0 Å². The third kappa shape index (κ3) is 4.49. The fourth-order valence-corrected chi connectivity index (χ4v) is 4.10. The van der Waals surface area contributed by atoms with E-state index in [-0.39, 0.29) is 11.9 Å². The Labute approximate surface area is 181 Å². The Morgan fingerprint density at radius 2 is 1.64 bits per heavy atom. The lowest BCUT2D eigenvalue weighted by molar-refractivity contribution is 0.462. The van der Waals surface area contributed by atoms with Crippen LogP contribution in [0.1, 0.15) is 18.1 Å². The molecular formula is C22H18Br2N4. The van der Waals surface area contributed by atoms with Gasteiger partial charge >= 0.3 is 0 Å². The second-order valence-corrected chi connectivity index (χ2v) is 8.25. The second-order valence-electron chi connectivity index (χ2n) is 6.42. The second kappa shape index (κ2) is 8.68. The van der Waals surface area contributed by atoms with Crippen molar-refractivity contribution in [3.63, 3.8) is 0 Å². The van der Waals surface area contributed by atoms with Gasteiger partial charge in [0.15, 0.2) is 5.84 Å². The van der Waals surface area contributed by atoms with E-state index in [2.05, 4.69) is 49.0 Å². The van der Waals surface area contributed by atoms with Crippen molar-refractivity contribution in [1.29, 1.82) is 10.7 Å². The van der Waals surface area contributed by atoms with Crippen LogP contribution in [-0.4, -0.2) is 29.7 Å². The SMILES string of the molecule is CC(C#N)N(C)C(=NC(=N)c1cc(Br)cc(Br)c1)c1ccc2ccccc2c1. The highest BCUT2D eigenvalue weighted by molar-refractivity contribution is 9.11. The molecule has 0 bridgehead atoms. The van der Waals surface area contributed by atoms with Crippen LogP contribution in [-0.2, 0) is 0 Å². The van der Waals surface area contributed by atoms with Crippen molar-refractivity contribution in [2.24, 2.45) is 4.99 Å². The molecule has 6 heteroatoms. The van der Waals surface area contributed by atoms with Crippen LogP contribution in [0, 0.1) is 16.7 Å². The number of fused-ring (bicyclic) bond motifs is 1. The molecule has 0 aliphatic heterocycles. The third-order valence-electron chi connectivity index (χ3n) is 4.46. The van der Waals surface area contributed by atoms with Gasteiger partial charge < -0.3 is 4.90 Å². The van der Waals surface area contributed by atoms with Gasteiger partial charge in [0.05, 0.1) is 6.07 Å². The van der Waals surface area contributed by atoms with Crippen LogP contribution in [0.15, 0.2) is 74.6 Å². The molecule has 4 nitrogen and oxygen atoms in total. The van der Waals surface area contributed by atoms with Crippen molar-refractivity contribution < 1.29 is 0 Å². The molecule has 3 aromatic carbocycles. The predicted octanol–water partition coefficient (Wildman–Crippen LogP) is 5.98. The van der Waals surface area contributed by atoms with Gasteiger partial charge in [0.2, 0.25) is 0 Å². The van der Waals surface area contributed by atoms with Gasteiger partial charge in [-0.05, 0) is 42.0 Å². The Kier molecular flexibility index (Phi) is 6.28. The highest BCUT2D eigenvalue weighted by atomic mass is 79.9. The molecule has 1 unspecified atom stereocenters. The fraction of sp³-hybridized carbons (Fsp3) is 0.136. The normalized spacial score (nSPS) is 12.5. The molecule has 1 atom stereocenters. The van der Waals surface area contributed by atoms with Crippen molar-refractivity contribution >= 4 is 54.3 Å². The van der Waals surface area contributed by atoms with E-state index in [0.29, 0.717) is 11.4 Å². The highest BCUT2D eigenvalue weighted by Gasteiger charge is 2.17. The van der Waals surface area contributed by atoms with Gasteiger partial charge in [-0.15, -0.1) is 0 Å². The summed E-state index contributed by atoms with van der Waals surface area (Å²) in [5.74, 6) is 0.711. The van der Waals surface area contributed by atoms with Crippen LogP contribution in [0.3, 0.4) is 0 Å². The van der Waals surface area contributed by atoms with Gasteiger partial charge in [-0.3, -0.25) is 5.41 Å². The Balaban J connectivity index is 2.11. The van der Waals surface area contributed by atoms with E-state index in [9.17, 15) is 5.26 Å². The van der Waals surface area contributed by atoms with Gasteiger partial charge in [-0.25, -0.2) is 4.99 Å². The number of rotatable bonds is 3. The summed E-state index contributed by atoms with van der Waals surface area (Å²) in [5.41, 5.74) is 1.54. The maximum atomic E-state index is 9.38. The minimum Gasteiger partial charge on any atom is -0.343 e. The number of nitrogens with zero attached hydrogens (tertiary/aromatic N) is 3. The van der Waals surface area contributed by atoms with Crippen molar-refractivity contribution in [3.8, 4) is 6.07 Å². The van der Waals surface area contributed by atoms with E-state index in [1.54, 1.807) is 4.90 Å². The van der Waals surface area contributed by atoms with Crippen LogP contribution in [0.4, 0.5) is 0 Å². The van der Waals surface area contributed by atoms with Crippen LogP contribution < -0.4 is 0 Å². The number of aliphatic imine (C=N–C) groups is 1. The molecule has 140 valence electrons. The topological polar surface area (TPSA) is 63.2 Å². The smallest absolute Gasteiger partial charge is 0.154 e. The Bertz CT molecular complexity index is 1090. The molecule has 28 heavy (non-hydrogen) atoms. The zero-order valence-corrected chi connectivity index (χ0v) is 18.6. The summed E-state index contributed by atoms with van der Waals surface area (Å²) in [6.07, 6.45) is 0. The molecular weight excluding hydrogens is 480 g/mol. The van der Waals surface area contributed by atoms with Crippen molar-refractivity contribution in [1.82, 2.24) is 4.90 Å². The van der Waals surface area contributed by atoms with Gasteiger partial charge in [0.25, 0.3) is 0 Å². The number of nitrogens with one attached hydrogen (secondary N) is 1. The number of hydrogen-bond acceptors (Lipinski definition) is 2. The molecule has 3 aromatic rings. The highest BCUT2D eigenvalue weighted by Crippen LogP contribution is 2.22. The molecule has 0 saturated heterocycles. The van der Waals surface area contributed by atoms with Crippen molar-refractivity contribution in [3.05, 3.63) is 80.7 Å². The van der Waals surface area contributed by atoms with Gasteiger partial charge in [0.1, 0.15) is 11.9 Å². The monoisotopic (exact) mass is 496 g/mol. The molecule has 0 saturated carbocycles. The summed E-state index contributed by atoms with van der Waals surface area (Å²) in [5, 5.41) is 20.1. The lowest BCUT2D eigenvalue weighted by Crippen LogP contribution is -2.35. The molecule has 1 N–H and O–H groups in total. The van der Waals surface area contributed by atoms with Crippen LogP contribution >= 0.6 is 31.9 Å². The molecule has 0 fully saturated rings. The first-order valence-electron chi connectivity index (χ1n) is 8.64. The first-order chi connectivity index (χ1) is 13.4. The van der Waals surface area contributed by atoms with Crippen molar-refractivity contribution in [2.75, 3.05) is 7.05 Å². The molecule has 0 amide bonds. The van der Waals surface area contributed by atoms with Crippen molar-refractivity contribution in [2.45, 2.75) is 13.0 Å². The van der Waals surface area contributed by atoms with Crippen LogP contribution in [0.5, 0.6) is 0 Å². The van der Waals surface area contributed by atoms with Gasteiger partial charge in [-0.2, -0.15) is 5.26 Å². The Hall–Kier alpha value is -2.49. The van der Waals surface area contributed by atoms with Gasteiger partial charge in [0, 0.05) is 27.1 Å². The summed E-state index contributed by atoms with van der Waals surface area (Å²) in [6, 6.07) is 21.6. The van der Waals surface area contributed by atoms with Crippen LogP contribution in [0.2, 0.25) is 0 Å². The minimum absolute atomic E-state index is 0.127. The van der Waals surface area contributed by atoms with E-state index in [4.69, 9.17) is 5.41 Å². The summed E-state index contributed by atoms with van der Waals surface area (Å²) in [4.78, 5) is 6.41. The number of nitriles is 1. The molecule has 0 radical (unpaired) electrons. The number of amidine groups is 2. The zero-order chi connectivity index (χ0) is 20.3. The Morgan fingerprint density at radius 3 is 2.29 bits per heavy atom. The summed E-state index contributed by atoms with van der Waals surface area (Å²) < 4.78 is 1.73. The van der Waals surface area contributed by atoms with Crippen LogP contribution in [0.25, 0.3) is 10.8 Å². The fourth-order valence-electron chi connectivity index (χ4n) is 2.81. The number of halogens is 2. The van der Waals surface area contributed by atoms with E-state index in [0.717, 1.165) is 25.3 Å². The first-order valence-corrected chi connectivity index (χ1v) is 10.2. The summed E-state index contributed by atoms with van der Waals surface area (Å²) in [7, 11) is 1.83. The molecule has 3 rings (SSSR count). The lowest BCUT2D eigenvalue weighted by atomic mass is 10.1. The zero-order valence-electron chi connectivity index (χ0n) is 15.4. The predicted molar refractivity (Wildman–Crippen MR) is 122 cm³/mol. The van der Waals surface area contributed by atoms with E-state index >= 15 is 0 Å². The maximum absolute atomic E-state index is 9.38. The molecule has 0 aliphatic rings. The third-order valence-corrected chi connectivity index (χ3v) is 5.38. The molecule has 0 aliphatic carbocycles. The number of benzene rings is 3. The molecule has 0 aromatic heterocycles. The first kappa shape index (κ1) is 20.2. The maximum Gasteiger partial charge on any atom is 0.154 e. The average Bonchev–Trinajstić information content (AvgIpc) is 2.69. The number of hydrogen-bond donors (Lipinski definition) is 1. The molecule has 0 spiro atoms. The largest absolute Gasteiger partial charge is 0.343 e. The summed E-state index contributed by atoms with van der Waals surface area (Å²) >= 11 is 6.91. The van der Waals surface area contributed by atoms with E-state index in [1.807, 2.05) is 68.6 Å². The average molecular weight is 498 g/mol. The quantitative estimate of drug-likeness (QED) is 0.357. The minimum atomic E-state index is -0.382.